The molecule has 0 aliphatic carbocycles. The molecule has 0 bridgehead atoms. The number of halogens is 3. The van der Waals surface area contributed by atoms with E-state index in [0.717, 1.165) is 6.42 Å². The van der Waals surface area contributed by atoms with Crippen molar-refractivity contribution in [2.24, 2.45) is 5.92 Å². The number of carbonyl (C=O) groups excluding carboxylic acids is 1. The molecule has 2 saturated heterocycles. The van der Waals surface area contributed by atoms with Crippen molar-refractivity contribution in [1.82, 2.24) is 9.80 Å². The number of aliphatic carboxylic acids is 1. The molecule has 2 aliphatic rings. The van der Waals surface area contributed by atoms with Gasteiger partial charge in [0.2, 0.25) is 0 Å². The lowest BCUT2D eigenvalue weighted by atomic mass is 9.96. The van der Waals surface area contributed by atoms with E-state index in [0.29, 0.717) is 13.0 Å². The maximum atomic E-state index is 12.6. The first kappa shape index (κ1) is 15.9. The largest absolute Gasteiger partial charge is 0.481 e. The van der Waals surface area contributed by atoms with Gasteiger partial charge in [0.25, 0.3) is 0 Å². The summed E-state index contributed by atoms with van der Waals surface area (Å²) in [5, 5.41) is 8.83. The number of carboxylic acid groups (broad SMARTS) is 1. The van der Waals surface area contributed by atoms with Crippen LogP contribution in [0.15, 0.2) is 0 Å². The molecule has 2 heterocycles. The average molecular weight is 308 g/mol. The van der Waals surface area contributed by atoms with Crippen LogP contribution in [0.3, 0.4) is 0 Å². The smallest absolute Gasteiger partial charge is 0.391 e. The lowest BCUT2D eigenvalue weighted by Crippen LogP contribution is -2.50. The molecule has 21 heavy (non-hydrogen) atoms. The number of amides is 2. The Morgan fingerprint density at radius 3 is 2.24 bits per heavy atom. The number of carbonyl (C=O) groups is 2. The molecule has 2 aliphatic heterocycles. The fourth-order valence-electron chi connectivity index (χ4n) is 3.08. The maximum absolute atomic E-state index is 12.6. The summed E-state index contributed by atoms with van der Waals surface area (Å²) in [5.74, 6) is -2.30. The second-order valence-corrected chi connectivity index (χ2v) is 5.67. The molecule has 1 N–H and O–H groups in total. The minimum atomic E-state index is -4.20. The van der Waals surface area contributed by atoms with Gasteiger partial charge in [0.15, 0.2) is 0 Å². The lowest BCUT2D eigenvalue weighted by Gasteiger charge is -2.36. The number of alkyl halides is 3. The third kappa shape index (κ3) is 3.79. The molecular weight excluding hydrogens is 289 g/mol. The zero-order valence-corrected chi connectivity index (χ0v) is 11.6. The monoisotopic (exact) mass is 308 g/mol. The number of likely N-dealkylation sites (tertiary alicyclic amines) is 2. The number of urea groups is 1. The molecule has 120 valence electrons. The lowest BCUT2D eigenvalue weighted by molar-refractivity contribution is -0.183. The van der Waals surface area contributed by atoms with E-state index < -0.39 is 18.1 Å². The first-order chi connectivity index (χ1) is 9.79. The number of hydrogen-bond donors (Lipinski definition) is 1. The molecule has 5 nitrogen and oxygen atoms in total. The Kier molecular flexibility index (Phi) is 4.63. The summed E-state index contributed by atoms with van der Waals surface area (Å²) in [6, 6.07) is -0.658. The van der Waals surface area contributed by atoms with Gasteiger partial charge in [0.05, 0.1) is 12.3 Å². The minimum Gasteiger partial charge on any atom is -0.481 e. The van der Waals surface area contributed by atoms with E-state index >= 15 is 0 Å². The molecule has 2 fully saturated rings. The zero-order valence-electron chi connectivity index (χ0n) is 11.6. The summed E-state index contributed by atoms with van der Waals surface area (Å²) in [4.78, 5) is 26.0. The first-order valence-corrected chi connectivity index (χ1v) is 7.13. The fraction of sp³-hybridized carbons (Fsp3) is 0.846. The van der Waals surface area contributed by atoms with Crippen LogP contribution < -0.4 is 0 Å². The Morgan fingerprint density at radius 1 is 1.10 bits per heavy atom. The molecule has 8 heteroatoms. The van der Waals surface area contributed by atoms with Crippen LogP contribution in [0, 0.1) is 5.92 Å². The molecule has 1 unspecified atom stereocenters. The van der Waals surface area contributed by atoms with Gasteiger partial charge < -0.3 is 14.9 Å². The van der Waals surface area contributed by atoms with Gasteiger partial charge >= 0.3 is 18.2 Å². The van der Waals surface area contributed by atoms with Crippen LogP contribution in [0.25, 0.3) is 0 Å². The van der Waals surface area contributed by atoms with E-state index in [4.69, 9.17) is 5.11 Å². The van der Waals surface area contributed by atoms with Crippen LogP contribution >= 0.6 is 0 Å². The molecule has 0 radical (unpaired) electrons. The van der Waals surface area contributed by atoms with Gasteiger partial charge in [-0.05, 0) is 25.7 Å². The fourth-order valence-corrected chi connectivity index (χ4v) is 3.08. The Morgan fingerprint density at radius 2 is 1.71 bits per heavy atom. The van der Waals surface area contributed by atoms with Crippen molar-refractivity contribution in [2.75, 3.05) is 19.6 Å². The molecule has 0 saturated carbocycles. The van der Waals surface area contributed by atoms with Crippen LogP contribution in [-0.4, -0.2) is 58.8 Å². The Balaban J connectivity index is 1.91. The van der Waals surface area contributed by atoms with Crippen LogP contribution in [0.4, 0.5) is 18.0 Å². The van der Waals surface area contributed by atoms with E-state index in [2.05, 4.69) is 0 Å². The van der Waals surface area contributed by atoms with Crippen molar-refractivity contribution >= 4 is 12.0 Å². The van der Waals surface area contributed by atoms with Crippen LogP contribution in [0.5, 0.6) is 0 Å². The molecule has 0 spiro atoms. The molecular formula is C13H19F3N2O3. The highest BCUT2D eigenvalue weighted by Crippen LogP contribution is 2.34. The summed E-state index contributed by atoms with van der Waals surface area (Å²) >= 11 is 0. The summed E-state index contributed by atoms with van der Waals surface area (Å²) in [6.45, 7) is 0.647. The number of rotatable bonds is 2. The number of carboxylic acids is 1. The summed E-state index contributed by atoms with van der Waals surface area (Å²) < 4.78 is 37.8. The van der Waals surface area contributed by atoms with Gasteiger partial charge in [-0.2, -0.15) is 13.2 Å². The molecule has 2 rings (SSSR count). The van der Waals surface area contributed by atoms with E-state index in [9.17, 15) is 22.8 Å². The topological polar surface area (TPSA) is 60.9 Å². The maximum Gasteiger partial charge on any atom is 0.391 e. The standard InChI is InChI=1S/C13H19F3N2O3/c14-13(15,16)9-3-6-17(7-4-9)12(21)18-5-1-2-10(18)8-11(19)20/h9-10H,1-8H2,(H,19,20). The Bertz CT molecular complexity index is 406. The number of hydrogen-bond acceptors (Lipinski definition) is 2. The average Bonchev–Trinajstić information content (AvgIpc) is 2.84. The molecule has 0 aromatic carbocycles. The van der Waals surface area contributed by atoms with Crippen molar-refractivity contribution in [2.45, 2.75) is 44.3 Å². The van der Waals surface area contributed by atoms with Crippen molar-refractivity contribution in [3.63, 3.8) is 0 Å². The van der Waals surface area contributed by atoms with Crippen molar-refractivity contribution in [1.29, 1.82) is 0 Å². The third-order valence-electron chi connectivity index (χ3n) is 4.26. The van der Waals surface area contributed by atoms with Crippen molar-refractivity contribution in [3.05, 3.63) is 0 Å². The molecule has 1 atom stereocenters. The van der Waals surface area contributed by atoms with Crippen LogP contribution in [-0.2, 0) is 4.79 Å². The van der Waals surface area contributed by atoms with Gasteiger partial charge in [-0.3, -0.25) is 4.79 Å². The normalized spacial score (nSPS) is 24.4. The zero-order chi connectivity index (χ0) is 15.6. The predicted molar refractivity (Wildman–Crippen MR) is 67.7 cm³/mol. The predicted octanol–water partition coefficient (Wildman–Crippen LogP) is 2.32. The SMILES string of the molecule is O=C(O)CC1CCCN1C(=O)N1CCC(C(F)(F)F)CC1. The van der Waals surface area contributed by atoms with Crippen molar-refractivity contribution < 1.29 is 27.9 Å². The molecule has 0 aromatic rings. The van der Waals surface area contributed by atoms with Gasteiger partial charge in [-0.1, -0.05) is 0 Å². The van der Waals surface area contributed by atoms with Gasteiger partial charge in [-0.25, -0.2) is 4.79 Å². The van der Waals surface area contributed by atoms with E-state index in [-0.39, 0.29) is 44.4 Å². The highest BCUT2D eigenvalue weighted by atomic mass is 19.4. The van der Waals surface area contributed by atoms with Gasteiger partial charge in [0, 0.05) is 25.7 Å². The quantitative estimate of drug-likeness (QED) is 0.851. The third-order valence-corrected chi connectivity index (χ3v) is 4.26. The highest BCUT2D eigenvalue weighted by Gasteiger charge is 2.43. The summed E-state index contributed by atoms with van der Waals surface area (Å²) in [6.07, 6.45) is -3.08. The Hall–Kier alpha value is -1.47. The van der Waals surface area contributed by atoms with Gasteiger partial charge in [0.1, 0.15) is 0 Å². The minimum absolute atomic E-state index is 0.0767. The Labute approximate surface area is 120 Å². The molecule has 0 aromatic heterocycles. The van der Waals surface area contributed by atoms with E-state index in [1.807, 2.05) is 0 Å². The summed E-state index contributed by atoms with van der Waals surface area (Å²) in [7, 11) is 0. The van der Waals surface area contributed by atoms with Gasteiger partial charge in [-0.15, -0.1) is 0 Å². The second kappa shape index (κ2) is 6.11. The van der Waals surface area contributed by atoms with Crippen LogP contribution in [0.1, 0.15) is 32.1 Å². The van der Waals surface area contributed by atoms with Crippen LogP contribution in [0.2, 0.25) is 0 Å². The van der Waals surface area contributed by atoms with E-state index in [1.54, 1.807) is 0 Å². The first-order valence-electron chi connectivity index (χ1n) is 7.13. The summed E-state index contributed by atoms with van der Waals surface area (Å²) in [5.41, 5.74) is 0. The second-order valence-electron chi connectivity index (χ2n) is 5.67. The number of piperidine rings is 1. The molecule has 2 amide bonds. The van der Waals surface area contributed by atoms with E-state index in [1.165, 1.54) is 9.80 Å². The highest BCUT2D eigenvalue weighted by molar-refractivity contribution is 5.76. The number of nitrogens with zero attached hydrogens (tertiary/aromatic N) is 2. The van der Waals surface area contributed by atoms with Crippen molar-refractivity contribution in [3.8, 4) is 0 Å².